The van der Waals surface area contributed by atoms with Crippen LogP contribution in [0, 0.1) is 24.7 Å². The third-order valence-corrected chi connectivity index (χ3v) is 4.65. The minimum Gasteiger partial charge on any atom is -0.352 e. The van der Waals surface area contributed by atoms with E-state index in [1.54, 1.807) is 0 Å². The Morgan fingerprint density at radius 3 is 3.00 bits per heavy atom. The molecule has 1 heterocycles. The van der Waals surface area contributed by atoms with E-state index in [-0.39, 0.29) is 11.8 Å². The van der Waals surface area contributed by atoms with Crippen LogP contribution in [0.15, 0.2) is 24.3 Å². The number of aromatic nitrogens is 3. The van der Waals surface area contributed by atoms with Crippen LogP contribution < -0.4 is 5.32 Å². The fourth-order valence-electron chi connectivity index (χ4n) is 3.17. The van der Waals surface area contributed by atoms with E-state index in [9.17, 15) is 4.79 Å². The third kappa shape index (κ3) is 2.75. The van der Waals surface area contributed by atoms with Crippen LogP contribution in [0.4, 0.5) is 0 Å². The molecule has 1 aromatic carbocycles. The molecule has 0 spiro atoms. The SMILES string of the molecule is Cc1nc(-c2cccc(CNC(=O)[C@@H]3C[C@@H]3C3CC3)c2)n[nH]1. The predicted molar refractivity (Wildman–Crippen MR) is 82.7 cm³/mol. The van der Waals surface area contributed by atoms with Gasteiger partial charge in [-0.3, -0.25) is 9.89 Å². The number of hydrogen-bond acceptors (Lipinski definition) is 3. The van der Waals surface area contributed by atoms with Gasteiger partial charge in [-0.25, -0.2) is 4.98 Å². The van der Waals surface area contributed by atoms with Crippen LogP contribution in [0.1, 0.15) is 30.7 Å². The monoisotopic (exact) mass is 296 g/mol. The van der Waals surface area contributed by atoms with Gasteiger partial charge in [0, 0.05) is 18.0 Å². The van der Waals surface area contributed by atoms with Gasteiger partial charge in [0.2, 0.25) is 5.91 Å². The van der Waals surface area contributed by atoms with Crippen molar-refractivity contribution in [2.24, 2.45) is 17.8 Å². The molecule has 0 unspecified atom stereocenters. The molecule has 2 atom stereocenters. The lowest BCUT2D eigenvalue weighted by molar-refractivity contribution is -0.122. The minimum absolute atomic E-state index is 0.219. The van der Waals surface area contributed by atoms with Gasteiger partial charge in [0.25, 0.3) is 0 Å². The summed E-state index contributed by atoms with van der Waals surface area (Å²) in [4.78, 5) is 16.5. The maximum atomic E-state index is 12.1. The van der Waals surface area contributed by atoms with Crippen LogP contribution in [0.3, 0.4) is 0 Å². The molecular formula is C17H20N4O. The molecule has 0 aliphatic heterocycles. The van der Waals surface area contributed by atoms with Crippen LogP contribution in [0.2, 0.25) is 0 Å². The zero-order valence-corrected chi connectivity index (χ0v) is 12.7. The number of hydrogen-bond donors (Lipinski definition) is 2. The molecule has 2 fully saturated rings. The number of aryl methyl sites for hydroxylation is 1. The highest BCUT2D eigenvalue weighted by Gasteiger charge is 2.50. The van der Waals surface area contributed by atoms with Crippen molar-refractivity contribution in [1.29, 1.82) is 0 Å². The van der Waals surface area contributed by atoms with Crippen LogP contribution in [0.5, 0.6) is 0 Å². The normalized spacial score (nSPS) is 23.3. The smallest absolute Gasteiger partial charge is 0.223 e. The number of nitrogens with one attached hydrogen (secondary N) is 2. The lowest BCUT2D eigenvalue weighted by atomic mass is 10.1. The molecule has 114 valence electrons. The molecule has 2 aromatic rings. The highest BCUT2D eigenvalue weighted by atomic mass is 16.2. The third-order valence-electron chi connectivity index (χ3n) is 4.65. The van der Waals surface area contributed by atoms with Gasteiger partial charge in [0.15, 0.2) is 5.82 Å². The number of amides is 1. The Kier molecular flexibility index (Phi) is 3.21. The largest absolute Gasteiger partial charge is 0.352 e. The highest BCUT2D eigenvalue weighted by Crippen LogP contribution is 2.54. The lowest BCUT2D eigenvalue weighted by Crippen LogP contribution is -2.25. The first kappa shape index (κ1) is 13.5. The standard InChI is InChI=1S/C17H20N4O/c1-10-19-16(21-20-10)13-4-2-3-11(7-13)9-18-17(22)15-8-14(15)12-5-6-12/h2-4,7,12,14-15H,5-6,8-9H2,1H3,(H,18,22)(H,19,20,21)/t14-,15-/m1/s1. The van der Waals surface area contributed by atoms with Crippen molar-refractivity contribution < 1.29 is 4.79 Å². The summed E-state index contributed by atoms with van der Waals surface area (Å²) in [5.41, 5.74) is 2.05. The zero-order valence-electron chi connectivity index (χ0n) is 12.7. The number of carbonyl (C=O) groups is 1. The van der Waals surface area contributed by atoms with Gasteiger partial charge in [-0.05, 0) is 49.7 Å². The lowest BCUT2D eigenvalue weighted by Gasteiger charge is -2.06. The summed E-state index contributed by atoms with van der Waals surface area (Å²) in [5.74, 6) is 3.49. The quantitative estimate of drug-likeness (QED) is 0.890. The number of rotatable bonds is 5. The molecule has 2 saturated carbocycles. The molecule has 2 N–H and O–H groups in total. The second-order valence-electron chi connectivity index (χ2n) is 6.51. The van der Waals surface area contributed by atoms with Gasteiger partial charge in [-0.15, -0.1) is 0 Å². The Labute approximate surface area is 129 Å². The molecule has 1 amide bonds. The van der Waals surface area contributed by atoms with E-state index in [2.05, 4.69) is 20.5 Å². The maximum Gasteiger partial charge on any atom is 0.223 e. The predicted octanol–water partition coefficient (Wildman–Crippen LogP) is 2.44. The van der Waals surface area contributed by atoms with Gasteiger partial charge < -0.3 is 5.32 Å². The molecule has 2 aliphatic carbocycles. The van der Waals surface area contributed by atoms with Gasteiger partial charge in [-0.1, -0.05) is 18.2 Å². The van der Waals surface area contributed by atoms with Crippen molar-refractivity contribution in [3.63, 3.8) is 0 Å². The minimum atomic E-state index is 0.219. The summed E-state index contributed by atoms with van der Waals surface area (Å²) >= 11 is 0. The summed E-state index contributed by atoms with van der Waals surface area (Å²) in [5, 5.41) is 10.1. The fraction of sp³-hybridized carbons (Fsp3) is 0.471. The summed E-state index contributed by atoms with van der Waals surface area (Å²) in [7, 11) is 0. The molecule has 22 heavy (non-hydrogen) atoms. The molecule has 5 heteroatoms. The van der Waals surface area contributed by atoms with E-state index in [0.717, 1.165) is 29.3 Å². The molecule has 2 aliphatic rings. The number of H-pyrrole nitrogens is 1. The van der Waals surface area contributed by atoms with Crippen LogP contribution in [-0.4, -0.2) is 21.1 Å². The number of aromatic amines is 1. The summed E-state index contributed by atoms with van der Waals surface area (Å²) in [6.45, 7) is 2.45. The Hall–Kier alpha value is -2.17. The summed E-state index contributed by atoms with van der Waals surface area (Å²) < 4.78 is 0. The first-order valence-corrected chi connectivity index (χ1v) is 7.97. The summed E-state index contributed by atoms with van der Waals surface area (Å²) in [6.07, 6.45) is 3.74. The van der Waals surface area contributed by atoms with Gasteiger partial charge in [0.1, 0.15) is 5.82 Å². The molecule has 0 radical (unpaired) electrons. The van der Waals surface area contributed by atoms with E-state index < -0.39 is 0 Å². The van der Waals surface area contributed by atoms with Gasteiger partial charge in [-0.2, -0.15) is 5.10 Å². The number of carbonyl (C=O) groups excluding carboxylic acids is 1. The Morgan fingerprint density at radius 1 is 1.41 bits per heavy atom. The Balaban J connectivity index is 1.37. The molecule has 0 bridgehead atoms. The average Bonchev–Trinajstić information content (AvgIpc) is 3.42. The van der Waals surface area contributed by atoms with Gasteiger partial charge in [0.05, 0.1) is 0 Å². The van der Waals surface area contributed by atoms with Crippen molar-refractivity contribution in [2.45, 2.75) is 32.7 Å². The molecular weight excluding hydrogens is 276 g/mol. The zero-order chi connectivity index (χ0) is 15.1. The van der Waals surface area contributed by atoms with Crippen molar-refractivity contribution in [3.8, 4) is 11.4 Å². The Bertz CT molecular complexity index is 704. The van der Waals surface area contributed by atoms with Crippen molar-refractivity contribution in [1.82, 2.24) is 20.5 Å². The highest BCUT2D eigenvalue weighted by molar-refractivity contribution is 5.81. The molecule has 5 nitrogen and oxygen atoms in total. The molecule has 0 saturated heterocycles. The van der Waals surface area contributed by atoms with E-state index in [0.29, 0.717) is 18.3 Å². The fourth-order valence-corrected chi connectivity index (χ4v) is 3.17. The first-order chi connectivity index (χ1) is 10.7. The average molecular weight is 296 g/mol. The van der Waals surface area contributed by atoms with Crippen LogP contribution >= 0.6 is 0 Å². The second-order valence-corrected chi connectivity index (χ2v) is 6.51. The first-order valence-electron chi connectivity index (χ1n) is 7.97. The summed E-state index contributed by atoms with van der Waals surface area (Å²) in [6, 6.07) is 8.02. The van der Waals surface area contributed by atoms with Crippen molar-refractivity contribution in [3.05, 3.63) is 35.7 Å². The van der Waals surface area contributed by atoms with Crippen LogP contribution in [0.25, 0.3) is 11.4 Å². The van der Waals surface area contributed by atoms with E-state index in [1.165, 1.54) is 12.8 Å². The Morgan fingerprint density at radius 2 is 2.27 bits per heavy atom. The number of benzene rings is 1. The molecule has 4 rings (SSSR count). The van der Waals surface area contributed by atoms with E-state index in [1.807, 2.05) is 31.2 Å². The number of nitrogens with zero attached hydrogens (tertiary/aromatic N) is 2. The van der Waals surface area contributed by atoms with E-state index in [4.69, 9.17) is 0 Å². The van der Waals surface area contributed by atoms with Crippen LogP contribution in [-0.2, 0) is 11.3 Å². The topological polar surface area (TPSA) is 70.7 Å². The van der Waals surface area contributed by atoms with Crippen molar-refractivity contribution >= 4 is 5.91 Å². The van der Waals surface area contributed by atoms with Gasteiger partial charge >= 0.3 is 0 Å². The molecule has 1 aromatic heterocycles. The maximum absolute atomic E-state index is 12.1. The van der Waals surface area contributed by atoms with E-state index >= 15 is 0 Å². The second kappa shape index (κ2) is 5.23. The van der Waals surface area contributed by atoms with Crippen molar-refractivity contribution in [2.75, 3.05) is 0 Å².